The monoisotopic (exact) mass is 620 g/mol. The maximum absolute atomic E-state index is 13.6. The van der Waals surface area contributed by atoms with Crippen LogP contribution in [0.15, 0.2) is 71.7 Å². The molecule has 0 bridgehead atoms. The van der Waals surface area contributed by atoms with E-state index in [4.69, 9.17) is 37.7 Å². The highest BCUT2D eigenvalue weighted by Crippen LogP contribution is 2.45. The van der Waals surface area contributed by atoms with Gasteiger partial charge in [-0.3, -0.25) is 4.79 Å². The number of hydrogen-bond acceptors (Lipinski definition) is 5. The first-order chi connectivity index (χ1) is 20.1. The lowest BCUT2D eigenvalue weighted by Gasteiger charge is -2.33. The maximum atomic E-state index is 13.6. The summed E-state index contributed by atoms with van der Waals surface area (Å²) in [5, 5.41) is 5.03. The van der Waals surface area contributed by atoms with Crippen LogP contribution in [0.2, 0.25) is 10.0 Å². The van der Waals surface area contributed by atoms with Gasteiger partial charge in [0, 0.05) is 32.4 Å². The number of nitrogens with zero attached hydrogens (tertiary/aromatic N) is 1. The lowest BCUT2D eigenvalue weighted by molar-refractivity contribution is 0.102. The van der Waals surface area contributed by atoms with E-state index in [1.807, 2.05) is 42.5 Å². The van der Waals surface area contributed by atoms with Crippen LogP contribution in [-0.4, -0.2) is 19.2 Å². The van der Waals surface area contributed by atoms with Crippen LogP contribution in [0.1, 0.15) is 59.1 Å². The van der Waals surface area contributed by atoms with Crippen molar-refractivity contribution in [3.05, 3.63) is 104 Å². The van der Waals surface area contributed by atoms with Crippen LogP contribution in [0, 0.1) is 11.3 Å². The van der Waals surface area contributed by atoms with E-state index in [1.54, 1.807) is 48.9 Å². The van der Waals surface area contributed by atoms with Crippen LogP contribution in [0.25, 0.3) is 0 Å². The fourth-order valence-corrected chi connectivity index (χ4v) is 6.74. The SMILES string of the molecule is COc1cc(C=Nc2sc3c(c2C(=O)Nc2ccc(Cl)cc2)CC[C@H](C(C)(C)C)C3)ccc1OCc1ccccc1Cl. The average molecular weight is 622 g/mol. The summed E-state index contributed by atoms with van der Waals surface area (Å²) < 4.78 is 11.6. The van der Waals surface area contributed by atoms with E-state index >= 15 is 0 Å². The van der Waals surface area contributed by atoms with Gasteiger partial charge in [-0.1, -0.05) is 62.2 Å². The molecule has 5 rings (SSSR count). The molecule has 4 aromatic rings. The summed E-state index contributed by atoms with van der Waals surface area (Å²) in [4.78, 5) is 19.7. The molecule has 0 radical (unpaired) electrons. The number of amides is 1. The van der Waals surface area contributed by atoms with Gasteiger partial charge in [0.15, 0.2) is 11.5 Å². The van der Waals surface area contributed by atoms with Gasteiger partial charge in [-0.25, -0.2) is 4.99 Å². The predicted octanol–water partition coefficient (Wildman–Crippen LogP) is 9.80. The molecule has 0 unspecified atom stereocenters. The largest absolute Gasteiger partial charge is 0.493 e. The van der Waals surface area contributed by atoms with Gasteiger partial charge in [-0.05, 0) is 90.3 Å². The second kappa shape index (κ2) is 12.9. The molecule has 1 atom stereocenters. The Hall–Kier alpha value is -3.32. The third-order valence-corrected chi connectivity index (χ3v) is 9.44. The molecule has 0 saturated carbocycles. The second-order valence-electron chi connectivity index (χ2n) is 11.5. The van der Waals surface area contributed by atoms with Gasteiger partial charge in [0.1, 0.15) is 11.6 Å². The summed E-state index contributed by atoms with van der Waals surface area (Å²) in [5.41, 5.74) is 4.38. The average Bonchev–Trinajstić information content (AvgIpc) is 3.34. The number of methoxy groups -OCH3 is 1. The van der Waals surface area contributed by atoms with Crippen molar-refractivity contribution in [1.82, 2.24) is 0 Å². The van der Waals surface area contributed by atoms with Crippen LogP contribution >= 0.6 is 34.5 Å². The number of carbonyl (C=O) groups is 1. The summed E-state index contributed by atoms with van der Waals surface area (Å²) in [5.74, 6) is 1.59. The number of ether oxygens (including phenoxy) is 2. The van der Waals surface area contributed by atoms with Gasteiger partial charge < -0.3 is 14.8 Å². The Morgan fingerprint density at radius 3 is 2.55 bits per heavy atom. The molecule has 8 heteroatoms. The molecule has 42 heavy (non-hydrogen) atoms. The first-order valence-corrected chi connectivity index (χ1v) is 15.5. The molecule has 0 fully saturated rings. The maximum Gasteiger partial charge on any atom is 0.259 e. The number of aliphatic imine (C=N–C) groups is 1. The quantitative estimate of drug-likeness (QED) is 0.199. The molecule has 3 aromatic carbocycles. The Kier molecular flexibility index (Phi) is 9.26. The van der Waals surface area contributed by atoms with Crippen molar-refractivity contribution >= 4 is 57.3 Å². The summed E-state index contributed by atoms with van der Waals surface area (Å²) in [6.07, 6.45) is 4.63. The number of thiophene rings is 1. The highest BCUT2D eigenvalue weighted by molar-refractivity contribution is 7.16. The number of benzene rings is 3. The smallest absolute Gasteiger partial charge is 0.259 e. The van der Waals surface area contributed by atoms with Gasteiger partial charge >= 0.3 is 0 Å². The molecule has 1 aliphatic rings. The molecule has 1 heterocycles. The fraction of sp³-hybridized carbons (Fsp3) is 0.294. The van der Waals surface area contributed by atoms with Gasteiger partial charge in [-0.2, -0.15) is 0 Å². The topological polar surface area (TPSA) is 59.9 Å². The van der Waals surface area contributed by atoms with Crippen molar-refractivity contribution in [2.24, 2.45) is 16.3 Å². The number of halogens is 2. The van der Waals surface area contributed by atoms with Gasteiger partial charge in [-0.15, -0.1) is 11.3 Å². The number of nitrogens with one attached hydrogen (secondary N) is 1. The predicted molar refractivity (Wildman–Crippen MR) is 175 cm³/mol. The Morgan fingerprint density at radius 2 is 1.83 bits per heavy atom. The molecule has 218 valence electrons. The van der Waals surface area contributed by atoms with E-state index in [0.717, 1.165) is 36.0 Å². The van der Waals surface area contributed by atoms with Gasteiger partial charge in [0.25, 0.3) is 5.91 Å². The number of fused-ring (bicyclic) bond motifs is 1. The zero-order valence-corrected chi connectivity index (χ0v) is 26.5. The molecular weight excluding hydrogens is 587 g/mol. The zero-order valence-electron chi connectivity index (χ0n) is 24.2. The fourth-order valence-electron chi connectivity index (χ4n) is 5.15. The Morgan fingerprint density at radius 1 is 1.07 bits per heavy atom. The minimum atomic E-state index is -0.155. The zero-order chi connectivity index (χ0) is 29.9. The summed E-state index contributed by atoms with van der Waals surface area (Å²) in [6, 6.07) is 20.4. The molecule has 0 spiro atoms. The Balaban J connectivity index is 1.42. The number of anilines is 1. The molecule has 1 aliphatic carbocycles. The third-order valence-electron chi connectivity index (χ3n) is 7.66. The van der Waals surface area contributed by atoms with Crippen LogP contribution in [-0.2, 0) is 19.4 Å². The molecule has 1 aromatic heterocycles. The highest BCUT2D eigenvalue weighted by atomic mass is 35.5. The minimum absolute atomic E-state index is 0.155. The normalized spacial score (nSPS) is 15.0. The standard InChI is InChI=1S/C34H34Cl2N2O3S/c1-34(2,3)23-10-15-26-30(18-23)42-33(31(26)32(39)38-25-13-11-24(35)12-14-25)37-19-21-9-16-28(29(17-21)40-4)41-20-22-7-5-6-8-27(22)36/h5-9,11-14,16-17,19,23H,10,15,18,20H2,1-4H3,(H,38,39)/t23-/m0/s1. The summed E-state index contributed by atoms with van der Waals surface area (Å²) >= 11 is 13.9. The van der Waals surface area contributed by atoms with Gasteiger partial charge in [0.05, 0.1) is 12.7 Å². The molecule has 0 saturated heterocycles. The van der Waals surface area contributed by atoms with E-state index in [2.05, 4.69) is 26.1 Å². The van der Waals surface area contributed by atoms with Crippen LogP contribution in [0.4, 0.5) is 10.7 Å². The lowest BCUT2D eigenvalue weighted by atomic mass is 9.72. The van der Waals surface area contributed by atoms with Crippen LogP contribution in [0.5, 0.6) is 11.5 Å². The molecule has 0 aliphatic heterocycles. The van der Waals surface area contributed by atoms with E-state index in [1.165, 1.54) is 4.88 Å². The first-order valence-electron chi connectivity index (χ1n) is 13.9. The lowest BCUT2D eigenvalue weighted by Crippen LogP contribution is -2.27. The number of hydrogen-bond donors (Lipinski definition) is 1. The first kappa shape index (κ1) is 30.1. The van der Waals surface area contributed by atoms with Crippen molar-refractivity contribution in [2.45, 2.75) is 46.6 Å². The molecule has 5 nitrogen and oxygen atoms in total. The van der Waals surface area contributed by atoms with Crippen molar-refractivity contribution < 1.29 is 14.3 Å². The number of carbonyl (C=O) groups excluding carboxylic acids is 1. The highest BCUT2D eigenvalue weighted by Gasteiger charge is 2.33. The van der Waals surface area contributed by atoms with Crippen molar-refractivity contribution in [3.8, 4) is 11.5 Å². The Bertz CT molecular complexity index is 1610. The van der Waals surface area contributed by atoms with Crippen LogP contribution < -0.4 is 14.8 Å². The van der Waals surface area contributed by atoms with Crippen LogP contribution in [0.3, 0.4) is 0 Å². The van der Waals surface area contributed by atoms with E-state index < -0.39 is 0 Å². The summed E-state index contributed by atoms with van der Waals surface area (Å²) in [6.45, 7) is 7.20. The molecule has 1 amide bonds. The number of rotatable bonds is 8. The second-order valence-corrected chi connectivity index (χ2v) is 13.4. The molecule has 1 N–H and O–H groups in total. The van der Waals surface area contributed by atoms with Gasteiger partial charge in [0.2, 0.25) is 0 Å². The summed E-state index contributed by atoms with van der Waals surface area (Å²) in [7, 11) is 1.61. The van der Waals surface area contributed by atoms with Crippen molar-refractivity contribution in [2.75, 3.05) is 12.4 Å². The van der Waals surface area contributed by atoms with E-state index in [0.29, 0.717) is 50.3 Å². The van der Waals surface area contributed by atoms with E-state index in [-0.39, 0.29) is 11.3 Å². The Labute approximate surface area is 261 Å². The minimum Gasteiger partial charge on any atom is -0.493 e. The molecular formula is C34H34Cl2N2O3S. The third kappa shape index (κ3) is 7.00. The van der Waals surface area contributed by atoms with Crippen molar-refractivity contribution in [1.29, 1.82) is 0 Å². The van der Waals surface area contributed by atoms with Crippen molar-refractivity contribution in [3.63, 3.8) is 0 Å². The van der Waals surface area contributed by atoms with E-state index in [9.17, 15) is 4.79 Å².